The van der Waals surface area contributed by atoms with E-state index in [1.165, 1.54) is 4.90 Å². The Balaban J connectivity index is 1.54. The molecule has 0 aromatic carbocycles. The van der Waals surface area contributed by atoms with Crippen LogP contribution in [0.25, 0.3) is 0 Å². The van der Waals surface area contributed by atoms with E-state index in [0.29, 0.717) is 32.4 Å². The number of hydrogen-bond acceptors (Lipinski definition) is 5. The van der Waals surface area contributed by atoms with E-state index in [1.54, 1.807) is 23.4 Å². The van der Waals surface area contributed by atoms with Crippen molar-refractivity contribution in [2.24, 2.45) is 0 Å². The fourth-order valence-electron chi connectivity index (χ4n) is 2.88. The van der Waals surface area contributed by atoms with Crippen molar-refractivity contribution in [1.82, 2.24) is 14.8 Å². The third-order valence-electron chi connectivity index (χ3n) is 4.04. The maximum atomic E-state index is 12.3. The molecule has 0 saturated carbocycles. The molecule has 116 valence electrons. The average molecular weight is 303 g/mol. The Kier molecular flexibility index (Phi) is 4.04. The maximum absolute atomic E-state index is 12.3. The topological polar surface area (TPSA) is 79.8 Å². The SMILES string of the molecule is O=C(Cc1cccnc1)N1CCC(N2C(=O)COC2=O)CC1. The summed E-state index contributed by atoms with van der Waals surface area (Å²) < 4.78 is 4.73. The molecular weight excluding hydrogens is 286 g/mol. The molecule has 0 radical (unpaired) electrons. The van der Waals surface area contributed by atoms with Gasteiger partial charge in [-0.2, -0.15) is 0 Å². The Morgan fingerprint density at radius 1 is 1.32 bits per heavy atom. The van der Waals surface area contributed by atoms with E-state index in [2.05, 4.69) is 4.98 Å². The minimum Gasteiger partial charge on any atom is -0.439 e. The normalized spacial score (nSPS) is 19.5. The van der Waals surface area contributed by atoms with Gasteiger partial charge in [-0.15, -0.1) is 0 Å². The number of ether oxygens (including phenoxy) is 1. The first-order chi connectivity index (χ1) is 10.6. The summed E-state index contributed by atoms with van der Waals surface area (Å²) in [6.45, 7) is 0.917. The van der Waals surface area contributed by atoms with Gasteiger partial charge in [0.15, 0.2) is 6.61 Å². The van der Waals surface area contributed by atoms with Gasteiger partial charge in [0.2, 0.25) is 5.91 Å². The minimum atomic E-state index is -0.565. The van der Waals surface area contributed by atoms with Crippen LogP contribution in [0, 0.1) is 0 Å². The summed E-state index contributed by atoms with van der Waals surface area (Å²) in [6.07, 6.45) is 4.31. The first kappa shape index (κ1) is 14.5. The molecule has 2 aliphatic rings. The summed E-state index contributed by atoms with van der Waals surface area (Å²) in [5, 5.41) is 0. The number of likely N-dealkylation sites (tertiary alicyclic amines) is 1. The van der Waals surface area contributed by atoms with Crippen molar-refractivity contribution >= 4 is 17.9 Å². The molecule has 22 heavy (non-hydrogen) atoms. The lowest BCUT2D eigenvalue weighted by atomic mass is 10.0. The molecule has 3 amide bonds. The quantitative estimate of drug-likeness (QED) is 0.816. The lowest BCUT2D eigenvalue weighted by Gasteiger charge is -2.34. The summed E-state index contributed by atoms with van der Waals surface area (Å²) in [4.78, 5) is 42.4. The number of carbonyl (C=O) groups excluding carboxylic acids is 3. The van der Waals surface area contributed by atoms with E-state index < -0.39 is 6.09 Å². The van der Waals surface area contributed by atoms with Crippen molar-refractivity contribution in [2.75, 3.05) is 19.7 Å². The first-order valence-corrected chi connectivity index (χ1v) is 7.30. The largest absolute Gasteiger partial charge is 0.439 e. The predicted molar refractivity (Wildman–Crippen MR) is 75.7 cm³/mol. The number of nitrogens with zero attached hydrogens (tertiary/aromatic N) is 3. The van der Waals surface area contributed by atoms with Gasteiger partial charge in [0.25, 0.3) is 5.91 Å². The number of rotatable bonds is 3. The van der Waals surface area contributed by atoms with Crippen LogP contribution in [0.3, 0.4) is 0 Å². The van der Waals surface area contributed by atoms with Gasteiger partial charge in [0.05, 0.1) is 6.42 Å². The molecule has 0 spiro atoms. The minimum absolute atomic E-state index is 0.0433. The monoisotopic (exact) mass is 303 g/mol. The Morgan fingerprint density at radius 3 is 2.68 bits per heavy atom. The molecule has 0 bridgehead atoms. The van der Waals surface area contributed by atoms with E-state index in [4.69, 9.17) is 4.74 Å². The van der Waals surface area contributed by atoms with Crippen LogP contribution in [-0.4, -0.2) is 58.4 Å². The van der Waals surface area contributed by atoms with Gasteiger partial charge in [0.1, 0.15) is 0 Å². The Hall–Kier alpha value is -2.44. The molecule has 1 aromatic rings. The molecule has 2 saturated heterocycles. The zero-order chi connectivity index (χ0) is 15.5. The van der Waals surface area contributed by atoms with Crippen LogP contribution in [0.1, 0.15) is 18.4 Å². The number of imide groups is 1. The lowest BCUT2D eigenvalue weighted by Crippen LogP contribution is -2.48. The molecule has 0 aliphatic carbocycles. The smallest absolute Gasteiger partial charge is 0.417 e. The number of hydrogen-bond donors (Lipinski definition) is 0. The van der Waals surface area contributed by atoms with Crippen LogP contribution < -0.4 is 0 Å². The number of carbonyl (C=O) groups is 3. The number of cyclic esters (lactones) is 1. The van der Waals surface area contributed by atoms with Crippen LogP contribution in [-0.2, 0) is 20.7 Å². The van der Waals surface area contributed by atoms with Crippen LogP contribution in [0.15, 0.2) is 24.5 Å². The second-order valence-corrected chi connectivity index (χ2v) is 5.47. The van der Waals surface area contributed by atoms with E-state index in [-0.39, 0.29) is 24.5 Å². The second kappa shape index (κ2) is 6.13. The number of piperidine rings is 1. The first-order valence-electron chi connectivity index (χ1n) is 7.30. The highest BCUT2D eigenvalue weighted by atomic mass is 16.6. The van der Waals surface area contributed by atoms with Crippen LogP contribution in [0.5, 0.6) is 0 Å². The zero-order valence-electron chi connectivity index (χ0n) is 12.1. The average Bonchev–Trinajstić information content (AvgIpc) is 2.87. The summed E-state index contributed by atoms with van der Waals surface area (Å²) in [5.41, 5.74) is 0.882. The number of aromatic nitrogens is 1. The molecule has 2 aliphatic heterocycles. The molecule has 3 rings (SSSR count). The summed E-state index contributed by atoms with van der Waals surface area (Å²) >= 11 is 0. The molecule has 3 heterocycles. The molecular formula is C15H17N3O4. The Labute approximate surface area is 127 Å². The Morgan fingerprint density at radius 2 is 2.09 bits per heavy atom. The van der Waals surface area contributed by atoms with Gasteiger partial charge in [-0.25, -0.2) is 9.69 Å². The summed E-state index contributed by atoms with van der Waals surface area (Å²) in [6, 6.07) is 3.51. The number of pyridine rings is 1. The molecule has 2 fully saturated rings. The Bertz CT molecular complexity index is 566. The van der Waals surface area contributed by atoms with Gasteiger partial charge in [-0.3, -0.25) is 14.6 Å². The fourth-order valence-corrected chi connectivity index (χ4v) is 2.88. The van der Waals surface area contributed by atoms with Gasteiger partial charge in [-0.1, -0.05) is 6.07 Å². The van der Waals surface area contributed by atoms with E-state index in [1.807, 2.05) is 6.07 Å². The van der Waals surface area contributed by atoms with E-state index in [9.17, 15) is 14.4 Å². The lowest BCUT2D eigenvalue weighted by molar-refractivity contribution is -0.132. The van der Waals surface area contributed by atoms with Crippen LogP contribution >= 0.6 is 0 Å². The van der Waals surface area contributed by atoms with E-state index >= 15 is 0 Å². The van der Waals surface area contributed by atoms with Crippen molar-refractivity contribution in [3.63, 3.8) is 0 Å². The van der Waals surface area contributed by atoms with Gasteiger partial charge < -0.3 is 9.64 Å². The maximum Gasteiger partial charge on any atom is 0.417 e. The van der Waals surface area contributed by atoms with Crippen molar-refractivity contribution < 1.29 is 19.1 Å². The van der Waals surface area contributed by atoms with Crippen LogP contribution in [0.2, 0.25) is 0 Å². The summed E-state index contributed by atoms with van der Waals surface area (Å²) in [7, 11) is 0. The highest BCUT2D eigenvalue weighted by Gasteiger charge is 2.38. The van der Waals surface area contributed by atoms with Crippen molar-refractivity contribution in [3.05, 3.63) is 30.1 Å². The second-order valence-electron chi connectivity index (χ2n) is 5.47. The van der Waals surface area contributed by atoms with Gasteiger partial charge >= 0.3 is 6.09 Å². The third kappa shape index (κ3) is 2.93. The molecule has 0 atom stereocenters. The van der Waals surface area contributed by atoms with Crippen LogP contribution in [0.4, 0.5) is 4.79 Å². The molecule has 1 aromatic heterocycles. The fraction of sp³-hybridized carbons (Fsp3) is 0.467. The number of amides is 3. The predicted octanol–water partition coefficient (Wildman–Crippen LogP) is 0.594. The highest BCUT2D eigenvalue weighted by Crippen LogP contribution is 2.21. The molecule has 0 N–H and O–H groups in total. The van der Waals surface area contributed by atoms with Crippen molar-refractivity contribution in [3.8, 4) is 0 Å². The standard InChI is InChI=1S/C15H17N3O4/c19-13(8-11-2-1-5-16-9-11)17-6-3-12(4-7-17)18-14(20)10-22-15(18)21/h1-2,5,9,12H,3-4,6-8,10H2. The van der Waals surface area contributed by atoms with Gasteiger partial charge in [0, 0.05) is 31.5 Å². The molecule has 7 nitrogen and oxygen atoms in total. The highest BCUT2D eigenvalue weighted by molar-refractivity contribution is 5.98. The van der Waals surface area contributed by atoms with Crippen molar-refractivity contribution in [1.29, 1.82) is 0 Å². The molecule has 7 heteroatoms. The zero-order valence-corrected chi connectivity index (χ0v) is 12.1. The van der Waals surface area contributed by atoms with E-state index in [0.717, 1.165) is 5.56 Å². The third-order valence-corrected chi connectivity index (χ3v) is 4.04. The summed E-state index contributed by atoms with van der Waals surface area (Å²) in [5.74, 6) is -0.244. The van der Waals surface area contributed by atoms with Gasteiger partial charge in [-0.05, 0) is 24.5 Å². The molecule has 0 unspecified atom stereocenters. The van der Waals surface area contributed by atoms with Crippen molar-refractivity contribution in [2.45, 2.75) is 25.3 Å².